The lowest BCUT2D eigenvalue weighted by atomic mass is 9.77. The second kappa shape index (κ2) is 9.98. The van der Waals surface area contributed by atoms with Crippen LogP contribution in [0.2, 0.25) is 5.02 Å². The van der Waals surface area contributed by atoms with E-state index in [9.17, 15) is 13.2 Å². The number of hydrogen-bond donors (Lipinski definition) is 2. The molecule has 2 aliphatic rings. The highest BCUT2D eigenvalue weighted by Gasteiger charge is 2.44. The van der Waals surface area contributed by atoms with Gasteiger partial charge in [-0.15, -0.1) is 0 Å². The number of halogens is 1. The average Bonchev–Trinajstić information content (AvgIpc) is 3.50. The highest BCUT2D eigenvalue weighted by Crippen LogP contribution is 2.45. The van der Waals surface area contributed by atoms with Gasteiger partial charge in [0.1, 0.15) is 20.7 Å². The van der Waals surface area contributed by atoms with Crippen molar-refractivity contribution in [2.75, 3.05) is 48.9 Å². The van der Waals surface area contributed by atoms with Gasteiger partial charge < -0.3 is 15.5 Å². The zero-order valence-corrected chi connectivity index (χ0v) is 22.6. The van der Waals surface area contributed by atoms with E-state index in [2.05, 4.69) is 25.6 Å². The van der Waals surface area contributed by atoms with E-state index < -0.39 is 9.84 Å². The molecule has 3 aromatic rings. The predicted molar refractivity (Wildman–Crippen MR) is 147 cm³/mol. The number of rotatable bonds is 7. The second-order valence-corrected chi connectivity index (χ2v) is 12.5. The van der Waals surface area contributed by atoms with Crippen LogP contribution in [0.15, 0.2) is 42.9 Å². The van der Waals surface area contributed by atoms with Gasteiger partial charge >= 0.3 is 0 Å². The maximum absolute atomic E-state index is 12.5. The summed E-state index contributed by atoms with van der Waals surface area (Å²) >= 11 is 6.87. The molecule has 0 saturated carbocycles. The van der Waals surface area contributed by atoms with Gasteiger partial charge in [-0.2, -0.15) is 5.10 Å². The number of aromatic nitrogens is 3. The molecule has 2 aromatic heterocycles. The van der Waals surface area contributed by atoms with Crippen LogP contribution in [0.4, 0.5) is 11.5 Å². The first-order valence-electron chi connectivity index (χ1n) is 12.4. The molecule has 37 heavy (non-hydrogen) atoms. The van der Waals surface area contributed by atoms with Gasteiger partial charge in [-0.1, -0.05) is 35.9 Å². The van der Waals surface area contributed by atoms with Crippen LogP contribution in [0.3, 0.4) is 0 Å². The van der Waals surface area contributed by atoms with Crippen molar-refractivity contribution in [1.29, 1.82) is 0 Å². The molecule has 1 aromatic carbocycles. The first-order chi connectivity index (χ1) is 17.7. The number of benzene rings is 1. The lowest BCUT2D eigenvalue weighted by Crippen LogP contribution is -2.44. The number of sulfone groups is 1. The summed E-state index contributed by atoms with van der Waals surface area (Å²) in [4.78, 5) is 19.3. The molecule has 2 saturated heterocycles. The van der Waals surface area contributed by atoms with Gasteiger partial charge in [0.25, 0.3) is 0 Å². The Balaban J connectivity index is 1.40. The van der Waals surface area contributed by atoms with E-state index in [0.29, 0.717) is 17.4 Å². The van der Waals surface area contributed by atoms with E-state index in [0.717, 1.165) is 66.8 Å². The fraction of sp³-hybridized carbons (Fsp3) is 0.423. The topological polar surface area (TPSA) is 109 Å². The van der Waals surface area contributed by atoms with Crippen LogP contribution in [-0.2, 0) is 21.2 Å². The Kier molecular flexibility index (Phi) is 6.89. The zero-order chi connectivity index (χ0) is 26.2. The summed E-state index contributed by atoms with van der Waals surface area (Å²) in [7, 11) is -1.25. The number of carbonyl (C=O) groups is 1. The molecule has 4 heterocycles. The average molecular weight is 543 g/mol. The molecule has 11 heteroatoms. The van der Waals surface area contributed by atoms with Gasteiger partial charge in [0.15, 0.2) is 0 Å². The molecule has 2 fully saturated rings. The van der Waals surface area contributed by atoms with E-state index in [4.69, 9.17) is 11.6 Å². The normalized spacial score (nSPS) is 17.3. The fourth-order valence-electron chi connectivity index (χ4n) is 5.26. The lowest BCUT2D eigenvalue weighted by molar-refractivity contribution is -0.128. The minimum atomic E-state index is -3.05. The maximum atomic E-state index is 12.5. The molecule has 0 unspecified atom stereocenters. The van der Waals surface area contributed by atoms with E-state index in [1.54, 1.807) is 17.9 Å². The van der Waals surface area contributed by atoms with Gasteiger partial charge in [0, 0.05) is 56.5 Å². The minimum Gasteiger partial charge on any atom is -0.372 e. The SMILES string of the molecule is CNc1ncc(-c2ccc(-c3cnn(CCS(C)(=O)=O)c3)cc2)c(N2CCC3(CCNC3=O)CC2)c1Cl. The van der Waals surface area contributed by atoms with E-state index in [1.165, 1.54) is 6.26 Å². The van der Waals surface area contributed by atoms with Crippen molar-refractivity contribution in [2.45, 2.75) is 25.8 Å². The Hall–Kier alpha value is -3.11. The zero-order valence-electron chi connectivity index (χ0n) is 21.0. The summed E-state index contributed by atoms with van der Waals surface area (Å²) in [5.74, 6) is 0.853. The minimum absolute atomic E-state index is 0.0501. The number of pyridine rings is 1. The number of nitrogens with one attached hydrogen (secondary N) is 2. The maximum Gasteiger partial charge on any atom is 0.226 e. The molecule has 0 atom stereocenters. The Morgan fingerprint density at radius 1 is 1.08 bits per heavy atom. The third kappa shape index (κ3) is 5.17. The molecular formula is C26H31ClN6O3S. The van der Waals surface area contributed by atoms with Gasteiger partial charge in [-0.05, 0) is 30.4 Å². The number of hydrogen-bond acceptors (Lipinski definition) is 7. The Bertz CT molecular complexity index is 1410. The van der Waals surface area contributed by atoms with Crippen LogP contribution < -0.4 is 15.5 Å². The number of piperidine rings is 1. The van der Waals surface area contributed by atoms with Crippen molar-refractivity contribution >= 4 is 38.9 Å². The van der Waals surface area contributed by atoms with E-state index in [1.807, 2.05) is 36.7 Å². The molecule has 0 aliphatic carbocycles. The van der Waals surface area contributed by atoms with Crippen molar-refractivity contribution in [3.8, 4) is 22.3 Å². The van der Waals surface area contributed by atoms with E-state index >= 15 is 0 Å². The Labute approximate surface area is 222 Å². The number of nitrogens with zero attached hydrogens (tertiary/aromatic N) is 4. The molecule has 9 nitrogen and oxygen atoms in total. The molecule has 2 aliphatic heterocycles. The van der Waals surface area contributed by atoms with Gasteiger partial charge in [-0.3, -0.25) is 9.48 Å². The van der Waals surface area contributed by atoms with Crippen LogP contribution >= 0.6 is 11.6 Å². The summed E-state index contributed by atoms with van der Waals surface area (Å²) in [6, 6.07) is 8.11. The molecule has 2 N–H and O–H groups in total. The first-order valence-corrected chi connectivity index (χ1v) is 14.8. The molecular weight excluding hydrogens is 512 g/mol. The van der Waals surface area contributed by atoms with Crippen LogP contribution in [0.25, 0.3) is 22.3 Å². The summed E-state index contributed by atoms with van der Waals surface area (Å²) in [6.45, 7) is 2.57. The highest BCUT2D eigenvalue weighted by atomic mass is 35.5. The Morgan fingerprint density at radius 2 is 1.78 bits per heavy atom. The van der Waals surface area contributed by atoms with E-state index in [-0.39, 0.29) is 17.1 Å². The third-order valence-corrected chi connectivity index (χ3v) is 8.77. The molecule has 0 bridgehead atoms. The number of anilines is 2. The molecule has 196 valence electrons. The van der Waals surface area contributed by atoms with Crippen LogP contribution in [-0.4, -0.2) is 67.8 Å². The van der Waals surface area contributed by atoms with Crippen molar-refractivity contribution in [3.05, 3.63) is 47.9 Å². The second-order valence-electron chi connectivity index (χ2n) is 9.91. The standard InChI is InChI=1S/C26H31ClN6O3S/c1-28-24-22(27)23(32-11-8-26(9-12-32)7-10-29-25(26)34)21(16-30-24)19-5-3-18(4-6-19)20-15-31-33(17-20)13-14-37(2,35)36/h3-6,15-17H,7-14H2,1-2H3,(H,28,30)(H,29,34). The number of amides is 1. The van der Waals surface area contributed by atoms with Crippen LogP contribution in [0, 0.1) is 5.41 Å². The summed E-state index contributed by atoms with van der Waals surface area (Å²) in [5, 5.41) is 11.0. The van der Waals surface area contributed by atoms with Crippen molar-refractivity contribution in [2.24, 2.45) is 5.41 Å². The first kappa shape index (κ1) is 25.5. The highest BCUT2D eigenvalue weighted by molar-refractivity contribution is 7.90. The van der Waals surface area contributed by atoms with Crippen molar-refractivity contribution < 1.29 is 13.2 Å². The largest absolute Gasteiger partial charge is 0.372 e. The molecule has 1 spiro atoms. The molecule has 1 amide bonds. The molecule has 0 radical (unpaired) electrons. The molecule has 5 rings (SSSR count). The predicted octanol–water partition coefficient (Wildman–Crippen LogP) is 3.46. The van der Waals surface area contributed by atoms with Crippen molar-refractivity contribution in [3.63, 3.8) is 0 Å². The summed E-state index contributed by atoms with van der Waals surface area (Å²) < 4.78 is 24.6. The monoisotopic (exact) mass is 542 g/mol. The van der Waals surface area contributed by atoms with Crippen LogP contribution in [0.5, 0.6) is 0 Å². The fourth-order valence-corrected chi connectivity index (χ4v) is 6.14. The summed E-state index contributed by atoms with van der Waals surface area (Å²) in [6.07, 6.45) is 9.16. The van der Waals surface area contributed by atoms with Crippen molar-refractivity contribution in [1.82, 2.24) is 20.1 Å². The number of carbonyl (C=O) groups excluding carboxylic acids is 1. The van der Waals surface area contributed by atoms with Gasteiger partial charge in [-0.25, -0.2) is 13.4 Å². The lowest BCUT2D eigenvalue weighted by Gasteiger charge is -2.39. The Morgan fingerprint density at radius 3 is 2.41 bits per heavy atom. The van der Waals surface area contributed by atoms with Crippen LogP contribution in [0.1, 0.15) is 19.3 Å². The van der Waals surface area contributed by atoms with Gasteiger partial charge in [0.2, 0.25) is 5.91 Å². The van der Waals surface area contributed by atoms with Gasteiger partial charge in [0.05, 0.1) is 29.6 Å². The smallest absolute Gasteiger partial charge is 0.226 e. The summed E-state index contributed by atoms with van der Waals surface area (Å²) in [5.41, 5.74) is 4.49. The third-order valence-electron chi connectivity index (χ3n) is 7.49. The number of aryl methyl sites for hydroxylation is 1. The quantitative estimate of drug-likeness (QED) is 0.470.